The number of hydrogen-bond acceptors (Lipinski definition) is 4. The fourth-order valence-corrected chi connectivity index (χ4v) is 4.14. The smallest absolute Gasteiger partial charge is 0.259 e. The van der Waals surface area contributed by atoms with Gasteiger partial charge in [-0.05, 0) is 30.9 Å². The molecule has 1 fully saturated rings. The van der Waals surface area contributed by atoms with Crippen molar-refractivity contribution < 1.29 is 4.79 Å². The molecule has 0 aliphatic carbocycles. The van der Waals surface area contributed by atoms with Gasteiger partial charge in [-0.15, -0.1) is 0 Å². The summed E-state index contributed by atoms with van der Waals surface area (Å²) in [6, 6.07) is 10.3. The molecule has 1 N–H and O–H groups in total. The van der Waals surface area contributed by atoms with Gasteiger partial charge in [-0.2, -0.15) is 10.2 Å². The van der Waals surface area contributed by atoms with Crippen molar-refractivity contribution in [1.82, 2.24) is 29.7 Å². The number of benzene rings is 1. The molecule has 5 rings (SSSR count). The van der Waals surface area contributed by atoms with Gasteiger partial charge in [0.25, 0.3) is 5.91 Å². The Balaban J connectivity index is 1.41. The molecule has 0 saturated carbocycles. The van der Waals surface area contributed by atoms with Crippen molar-refractivity contribution in [3.05, 3.63) is 71.9 Å². The van der Waals surface area contributed by atoms with Gasteiger partial charge in [0.05, 0.1) is 12.4 Å². The lowest BCUT2D eigenvalue weighted by atomic mass is 9.90. The van der Waals surface area contributed by atoms with Crippen LogP contribution in [0.5, 0.6) is 0 Å². The number of carbonyl (C=O) groups excluding carboxylic acids is 1. The van der Waals surface area contributed by atoms with E-state index < -0.39 is 0 Å². The third-order valence-electron chi connectivity index (χ3n) is 5.59. The quantitative estimate of drug-likeness (QED) is 0.585. The van der Waals surface area contributed by atoms with Gasteiger partial charge in [-0.1, -0.05) is 30.3 Å². The maximum atomic E-state index is 13.2. The molecule has 1 aromatic carbocycles. The number of aromatic nitrogens is 5. The minimum absolute atomic E-state index is 0.0122. The van der Waals surface area contributed by atoms with E-state index in [-0.39, 0.29) is 11.8 Å². The van der Waals surface area contributed by atoms with E-state index in [4.69, 9.17) is 0 Å². The Labute approximate surface area is 168 Å². The summed E-state index contributed by atoms with van der Waals surface area (Å²) in [5, 5.41) is 11.8. The average molecular weight is 386 g/mol. The van der Waals surface area contributed by atoms with Crippen LogP contribution in [-0.2, 0) is 0 Å². The van der Waals surface area contributed by atoms with Crippen LogP contribution in [-0.4, -0.2) is 48.7 Å². The summed E-state index contributed by atoms with van der Waals surface area (Å²) in [5.41, 5.74) is 5.51. The van der Waals surface area contributed by atoms with E-state index in [0.717, 1.165) is 41.8 Å². The molecule has 7 heteroatoms. The van der Waals surface area contributed by atoms with Gasteiger partial charge >= 0.3 is 0 Å². The van der Waals surface area contributed by atoms with E-state index in [0.29, 0.717) is 17.8 Å². The summed E-state index contributed by atoms with van der Waals surface area (Å²) >= 11 is 0. The molecule has 1 aliphatic heterocycles. The third kappa shape index (κ3) is 3.18. The second kappa shape index (κ2) is 7.16. The number of piperidine rings is 1. The maximum absolute atomic E-state index is 13.2. The SMILES string of the molecule is Cc1cnc2c(C(=O)N3CCCC(c4[nH]ncc4-c4ccccc4)C3)cnn2c1. The number of aryl methyl sites for hydroxylation is 1. The normalized spacial score (nSPS) is 17.0. The molecule has 1 atom stereocenters. The minimum atomic E-state index is -0.0122. The largest absolute Gasteiger partial charge is 0.338 e. The number of fused-ring (bicyclic) bond motifs is 1. The van der Waals surface area contributed by atoms with Crippen LogP contribution in [0.4, 0.5) is 0 Å². The highest BCUT2D eigenvalue weighted by Crippen LogP contribution is 2.33. The molecule has 146 valence electrons. The minimum Gasteiger partial charge on any atom is -0.338 e. The van der Waals surface area contributed by atoms with Gasteiger partial charge in [0.1, 0.15) is 5.56 Å². The number of H-pyrrole nitrogens is 1. The lowest BCUT2D eigenvalue weighted by Crippen LogP contribution is -2.39. The number of aromatic amines is 1. The Bertz CT molecular complexity index is 1160. The molecular formula is C22H22N6O. The Kier molecular flexibility index (Phi) is 4.35. The molecule has 3 aromatic heterocycles. The average Bonchev–Trinajstić information content (AvgIpc) is 3.41. The first-order chi connectivity index (χ1) is 14.2. The van der Waals surface area contributed by atoms with Gasteiger partial charge < -0.3 is 4.90 Å². The van der Waals surface area contributed by atoms with Gasteiger partial charge in [0.15, 0.2) is 5.65 Å². The molecule has 1 aliphatic rings. The third-order valence-corrected chi connectivity index (χ3v) is 5.59. The zero-order valence-electron chi connectivity index (χ0n) is 16.2. The monoisotopic (exact) mass is 386 g/mol. The van der Waals surface area contributed by atoms with Gasteiger partial charge in [-0.3, -0.25) is 9.89 Å². The Morgan fingerprint density at radius 3 is 2.90 bits per heavy atom. The van der Waals surface area contributed by atoms with Crippen molar-refractivity contribution in [2.45, 2.75) is 25.7 Å². The molecule has 29 heavy (non-hydrogen) atoms. The number of nitrogens with zero attached hydrogens (tertiary/aromatic N) is 5. The van der Waals surface area contributed by atoms with Gasteiger partial charge in [-0.25, -0.2) is 9.50 Å². The second-order valence-electron chi connectivity index (χ2n) is 7.61. The van der Waals surface area contributed by atoms with Crippen LogP contribution in [0.3, 0.4) is 0 Å². The number of nitrogens with one attached hydrogen (secondary N) is 1. The van der Waals surface area contributed by atoms with E-state index in [2.05, 4.69) is 32.4 Å². The lowest BCUT2D eigenvalue weighted by Gasteiger charge is -2.32. The molecular weight excluding hydrogens is 364 g/mol. The molecule has 0 spiro atoms. The van der Waals surface area contributed by atoms with Crippen LogP contribution in [0.15, 0.2) is 55.1 Å². The van der Waals surface area contributed by atoms with Crippen LogP contribution in [0.1, 0.15) is 40.4 Å². The van der Waals surface area contributed by atoms with Crippen LogP contribution in [0.2, 0.25) is 0 Å². The molecule has 1 unspecified atom stereocenters. The molecule has 0 radical (unpaired) electrons. The van der Waals surface area contributed by atoms with Crippen LogP contribution < -0.4 is 0 Å². The summed E-state index contributed by atoms with van der Waals surface area (Å²) in [6.07, 6.45) is 9.13. The second-order valence-corrected chi connectivity index (χ2v) is 7.61. The first-order valence-corrected chi connectivity index (χ1v) is 9.88. The molecule has 0 bridgehead atoms. The Morgan fingerprint density at radius 1 is 1.17 bits per heavy atom. The predicted octanol–water partition coefficient (Wildman–Crippen LogP) is 3.45. The number of amides is 1. The summed E-state index contributed by atoms with van der Waals surface area (Å²) in [6.45, 7) is 3.36. The molecule has 1 saturated heterocycles. The van der Waals surface area contributed by atoms with E-state index in [1.165, 1.54) is 0 Å². The fraction of sp³-hybridized carbons (Fsp3) is 0.273. The molecule has 4 aromatic rings. The number of likely N-dealkylation sites (tertiary alicyclic amines) is 1. The van der Waals surface area contributed by atoms with Crippen LogP contribution in [0, 0.1) is 6.92 Å². The highest BCUT2D eigenvalue weighted by Gasteiger charge is 2.29. The van der Waals surface area contributed by atoms with Crippen LogP contribution >= 0.6 is 0 Å². The molecule has 1 amide bonds. The Morgan fingerprint density at radius 2 is 2.03 bits per heavy atom. The number of hydrogen-bond donors (Lipinski definition) is 1. The zero-order chi connectivity index (χ0) is 19.8. The fourth-order valence-electron chi connectivity index (χ4n) is 4.14. The van der Waals surface area contributed by atoms with Crippen LogP contribution in [0.25, 0.3) is 16.8 Å². The van der Waals surface area contributed by atoms with Crippen molar-refractivity contribution in [1.29, 1.82) is 0 Å². The molecule has 7 nitrogen and oxygen atoms in total. The summed E-state index contributed by atoms with van der Waals surface area (Å²) in [5.74, 6) is 0.212. The standard InChI is InChI=1S/C22H22N6O/c1-15-10-23-21-19(12-25-28(21)13-15)22(29)27-9-5-8-17(14-27)20-18(11-24-26-20)16-6-3-2-4-7-16/h2-4,6-7,10-13,17H,5,8-9,14H2,1H3,(H,24,26). The highest BCUT2D eigenvalue weighted by atomic mass is 16.2. The van der Waals surface area contributed by atoms with Gasteiger partial charge in [0, 0.05) is 42.7 Å². The van der Waals surface area contributed by atoms with Crippen molar-refractivity contribution in [2.24, 2.45) is 0 Å². The number of carbonyl (C=O) groups is 1. The van der Waals surface area contributed by atoms with Crippen molar-refractivity contribution in [3.8, 4) is 11.1 Å². The van der Waals surface area contributed by atoms with Crippen molar-refractivity contribution in [2.75, 3.05) is 13.1 Å². The predicted molar refractivity (Wildman–Crippen MR) is 110 cm³/mol. The Hall–Kier alpha value is -3.48. The van der Waals surface area contributed by atoms with E-state index in [1.807, 2.05) is 42.4 Å². The lowest BCUT2D eigenvalue weighted by molar-refractivity contribution is 0.0707. The number of rotatable bonds is 3. The van der Waals surface area contributed by atoms with E-state index >= 15 is 0 Å². The summed E-state index contributed by atoms with van der Waals surface area (Å²) in [7, 11) is 0. The van der Waals surface area contributed by atoms with E-state index in [9.17, 15) is 4.79 Å². The van der Waals surface area contributed by atoms with Gasteiger partial charge in [0.2, 0.25) is 0 Å². The summed E-state index contributed by atoms with van der Waals surface area (Å²) < 4.78 is 1.67. The first-order valence-electron chi connectivity index (χ1n) is 9.88. The zero-order valence-corrected chi connectivity index (χ0v) is 16.2. The maximum Gasteiger partial charge on any atom is 0.259 e. The van der Waals surface area contributed by atoms with E-state index in [1.54, 1.807) is 16.9 Å². The van der Waals surface area contributed by atoms with Crippen molar-refractivity contribution in [3.63, 3.8) is 0 Å². The summed E-state index contributed by atoms with van der Waals surface area (Å²) in [4.78, 5) is 19.6. The molecule has 4 heterocycles. The first kappa shape index (κ1) is 17.6. The van der Waals surface area contributed by atoms with Crippen molar-refractivity contribution >= 4 is 11.6 Å². The highest BCUT2D eigenvalue weighted by molar-refractivity contribution is 5.99. The topological polar surface area (TPSA) is 79.2 Å².